The Hall–Kier alpha value is -1.04. The quantitative estimate of drug-likeness (QED) is 0.734. The first kappa shape index (κ1) is 13.0. The summed E-state index contributed by atoms with van der Waals surface area (Å²) in [4.78, 5) is 4.10. The number of rotatable bonds is 5. The number of aryl methyl sites for hydroxylation is 2. The summed E-state index contributed by atoms with van der Waals surface area (Å²) in [6.07, 6.45) is -2.00. The molecule has 1 aromatic rings. The molecular formula is C10H15F3N2O. The van der Waals surface area contributed by atoms with Crippen LogP contribution in [-0.2, 0) is 11.3 Å². The molecule has 1 aromatic heterocycles. The average molecular weight is 236 g/mol. The number of ether oxygens (including phenoxy) is 1. The molecule has 0 unspecified atom stereocenters. The molecular weight excluding hydrogens is 221 g/mol. The van der Waals surface area contributed by atoms with Crippen molar-refractivity contribution >= 4 is 0 Å². The van der Waals surface area contributed by atoms with Gasteiger partial charge in [-0.1, -0.05) is 0 Å². The fraction of sp³-hybridized carbons (Fsp3) is 0.700. The van der Waals surface area contributed by atoms with Crippen LogP contribution in [0.15, 0.2) is 6.33 Å². The molecule has 0 aliphatic rings. The molecule has 0 aromatic carbocycles. The molecule has 0 atom stereocenters. The summed E-state index contributed by atoms with van der Waals surface area (Å²) >= 11 is 0. The molecule has 92 valence electrons. The highest BCUT2D eigenvalue weighted by atomic mass is 19.4. The molecule has 0 bridgehead atoms. The van der Waals surface area contributed by atoms with Crippen LogP contribution in [0.5, 0.6) is 0 Å². The van der Waals surface area contributed by atoms with E-state index in [-0.39, 0.29) is 6.61 Å². The summed E-state index contributed by atoms with van der Waals surface area (Å²) in [6.45, 7) is 3.39. The second-order valence-corrected chi connectivity index (χ2v) is 3.63. The predicted molar refractivity (Wildman–Crippen MR) is 53.2 cm³/mol. The number of nitrogens with zero attached hydrogens (tertiary/aromatic N) is 2. The Kier molecular flexibility index (Phi) is 4.35. The van der Waals surface area contributed by atoms with Gasteiger partial charge in [0.05, 0.1) is 12.0 Å². The van der Waals surface area contributed by atoms with Gasteiger partial charge in [0.2, 0.25) is 0 Å². The van der Waals surface area contributed by atoms with E-state index >= 15 is 0 Å². The van der Waals surface area contributed by atoms with Crippen LogP contribution in [0.2, 0.25) is 0 Å². The van der Waals surface area contributed by atoms with E-state index < -0.39 is 12.8 Å². The van der Waals surface area contributed by atoms with Gasteiger partial charge in [-0.05, 0) is 20.3 Å². The maximum atomic E-state index is 11.7. The van der Waals surface area contributed by atoms with Gasteiger partial charge in [0.25, 0.3) is 0 Å². The number of halogens is 3. The van der Waals surface area contributed by atoms with Gasteiger partial charge in [-0.25, -0.2) is 4.98 Å². The number of aromatic nitrogens is 2. The van der Waals surface area contributed by atoms with Crippen LogP contribution in [-0.4, -0.2) is 28.9 Å². The van der Waals surface area contributed by atoms with E-state index in [0.29, 0.717) is 13.0 Å². The summed E-state index contributed by atoms with van der Waals surface area (Å²) in [6, 6.07) is 0. The molecule has 0 fully saturated rings. The van der Waals surface area contributed by atoms with Crippen molar-refractivity contribution in [3.05, 3.63) is 17.7 Å². The van der Waals surface area contributed by atoms with E-state index in [1.54, 1.807) is 6.33 Å². The zero-order valence-electron chi connectivity index (χ0n) is 9.34. The highest BCUT2D eigenvalue weighted by molar-refractivity contribution is 5.08. The predicted octanol–water partition coefficient (Wildman–Crippen LogP) is 2.47. The molecule has 0 N–H and O–H groups in total. The fourth-order valence-corrected chi connectivity index (χ4v) is 1.29. The molecule has 0 radical (unpaired) electrons. The van der Waals surface area contributed by atoms with Crippen molar-refractivity contribution < 1.29 is 17.9 Å². The summed E-state index contributed by atoms with van der Waals surface area (Å²) in [5.41, 5.74) is 1.98. The maximum Gasteiger partial charge on any atom is 0.411 e. The van der Waals surface area contributed by atoms with Crippen molar-refractivity contribution in [2.75, 3.05) is 13.2 Å². The van der Waals surface area contributed by atoms with Crippen molar-refractivity contribution in [2.45, 2.75) is 33.0 Å². The van der Waals surface area contributed by atoms with Gasteiger partial charge in [0, 0.05) is 18.8 Å². The molecule has 0 aliphatic heterocycles. The minimum atomic E-state index is -4.23. The maximum absolute atomic E-state index is 11.7. The van der Waals surface area contributed by atoms with Crippen molar-refractivity contribution in [3.8, 4) is 0 Å². The standard InChI is InChI=1S/C10H15F3N2O/c1-8-9(2)15(7-14-8)4-3-5-16-6-10(11,12)13/h7H,3-6H2,1-2H3. The fourth-order valence-electron chi connectivity index (χ4n) is 1.29. The Bertz CT molecular complexity index is 333. The van der Waals surface area contributed by atoms with Crippen LogP contribution in [0.4, 0.5) is 13.2 Å². The van der Waals surface area contributed by atoms with Crippen LogP contribution in [0.25, 0.3) is 0 Å². The molecule has 1 rings (SSSR count). The van der Waals surface area contributed by atoms with Gasteiger partial charge in [0.1, 0.15) is 6.61 Å². The third-order valence-electron chi connectivity index (χ3n) is 2.30. The minimum absolute atomic E-state index is 0.107. The van der Waals surface area contributed by atoms with Gasteiger partial charge < -0.3 is 9.30 Å². The third kappa shape index (κ3) is 4.22. The smallest absolute Gasteiger partial charge is 0.372 e. The number of imidazole rings is 1. The van der Waals surface area contributed by atoms with Gasteiger partial charge in [-0.2, -0.15) is 13.2 Å². The third-order valence-corrected chi connectivity index (χ3v) is 2.30. The Morgan fingerprint density at radius 2 is 2.06 bits per heavy atom. The molecule has 16 heavy (non-hydrogen) atoms. The molecule has 6 heteroatoms. The van der Waals surface area contributed by atoms with Crippen molar-refractivity contribution in [1.29, 1.82) is 0 Å². The molecule has 0 saturated heterocycles. The molecule has 3 nitrogen and oxygen atoms in total. The molecule has 0 aliphatic carbocycles. The zero-order valence-corrected chi connectivity index (χ0v) is 9.34. The minimum Gasteiger partial charge on any atom is -0.372 e. The van der Waals surface area contributed by atoms with E-state index in [9.17, 15) is 13.2 Å². The lowest BCUT2D eigenvalue weighted by Crippen LogP contribution is -2.17. The lowest BCUT2D eigenvalue weighted by Gasteiger charge is -2.08. The van der Waals surface area contributed by atoms with Crippen LogP contribution < -0.4 is 0 Å². The normalized spacial score (nSPS) is 12.1. The molecule has 0 amide bonds. The van der Waals surface area contributed by atoms with Crippen molar-refractivity contribution in [3.63, 3.8) is 0 Å². The molecule has 0 spiro atoms. The second kappa shape index (κ2) is 5.34. The first-order valence-corrected chi connectivity index (χ1v) is 5.03. The van der Waals surface area contributed by atoms with E-state index in [4.69, 9.17) is 0 Å². The zero-order chi connectivity index (χ0) is 12.2. The van der Waals surface area contributed by atoms with Crippen molar-refractivity contribution in [1.82, 2.24) is 9.55 Å². The van der Waals surface area contributed by atoms with Crippen LogP contribution in [0.3, 0.4) is 0 Å². The summed E-state index contributed by atoms with van der Waals surface area (Å²) < 4.78 is 41.6. The Morgan fingerprint density at radius 1 is 1.38 bits per heavy atom. The Balaban J connectivity index is 2.19. The number of hydrogen-bond donors (Lipinski definition) is 0. The average Bonchev–Trinajstić information content (AvgIpc) is 2.47. The molecule has 1 heterocycles. The van der Waals surface area contributed by atoms with Crippen molar-refractivity contribution in [2.24, 2.45) is 0 Å². The van der Waals surface area contributed by atoms with Gasteiger partial charge in [0.15, 0.2) is 0 Å². The largest absolute Gasteiger partial charge is 0.411 e. The molecule has 0 saturated carbocycles. The van der Waals surface area contributed by atoms with E-state index in [2.05, 4.69) is 9.72 Å². The van der Waals surface area contributed by atoms with Gasteiger partial charge in [-0.3, -0.25) is 0 Å². The van der Waals surface area contributed by atoms with E-state index in [1.165, 1.54) is 0 Å². The Labute approximate surface area is 92.2 Å². The summed E-state index contributed by atoms with van der Waals surface area (Å²) in [7, 11) is 0. The number of hydrogen-bond acceptors (Lipinski definition) is 2. The first-order valence-electron chi connectivity index (χ1n) is 5.03. The number of alkyl halides is 3. The summed E-state index contributed by atoms with van der Waals surface area (Å²) in [5.74, 6) is 0. The van der Waals surface area contributed by atoms with Crippen LogP contribution in [0, 0.1) is 13.8 Å². The highest BCUT2D eigenvalue weighted by Gasteiger charge is 2.27. The SMILES string of the molecule is Cc1ncn(CCCOCC(F)(F)F)c1C. The summed E-state index contributed by atoms with van der Waals surface area (Å²) in [5, 5.41) is 0. The Morgan fingerprint density at radius 3 is 2.56 bits per heavy atom. The monoisotopic (exact) mass is 236 g/mol. The lowest BCUT2D eigenvalue weighted by molar-refractivity contribution is -0.174. The van der Waals surface area contributed by atoms with E-state index in [0.717, 1.165) is 11.4 Å². The van der Waals surface area contributed by atoms with Crippen LogP contribution >= 0.6 is 0 Å². The highest BCUT2D eigenvalue weighted by Crippen LogP contribution is 2.14. The first-order chi connectivity index (χ1) is 7.40. The van der Waals surface area contributed by atoms with E-state index in [1.807, 2.05) is 18.4 Å². The van der Waals surface area contributed by atoms with Gasteiger partial charge in [-0.15, -0.1) is 0 Å². The lowest BCUT2D eigenvalue weighted by atomic mass is 10.3. The van der Waals surface area contributed by atoms with Crippen LogP contribution in [0.1, 0.15) is 17.8 Å². The second-order valence-electron chi connectivity index (χ2n) is 3.63. The topological polar surface area (TPSA) is 27.1 Å². The van der Waals surface area contributed by atoms with Gasteiger partial charge >= 0.3 is 6.18 Å².